The quantitative estimate of drug-likeness (QED) is 0.837. The first kappa shape index (κ1) is 12.0. The summed E-state index contributed by atoms with van der Waals surface area (Å²) in [5, 5.41) is 6.89. The summed E-state index contributed by atoms with van der Waals surface area (Å²) >= 11 is 0. The molecule has 94 valence electrons. The summed E-state index contributed by atoms with van der Waals surface area (Å²) in [6, 6.07) is 6.28. The molecule has 1 heterocycles. The standard InChI is InChI=1S/C13H20N2O2/c1-16-11-5-6-13(17-2)12(8-11)15-10-4-3-7-14-9-10/h5-6,8,10,14-15H,3-4,7,9H2,1-2H3. The largest absolute Gasteiger partial charge is 0.497 e. The molecule has 1 aromatic carbocycles. The Bertz CT molecular complexity index is 362. The van der Waals surface area contributed by atoms with E-state index in [0.717, 1.165) is 30.3 Å². The van der Waals surface area contributed by atoms with E-state index >= 15 is 0 Å². The molecule has 0 bridgehead atoms. The van der Waals surface area contributed by atoms with Gasteiger partial charge in [-0.05, 0) is 31.5 Å². The number of nitrogens with one attached hydrogen (secondary N) is 2. The molecule has 2 rings (SSSR count). The predicted molar refractivity (Wildman–Crippen MR) is 69.1 cm³/mol. The van der Waals surface area contributed by atoms with Gasteiger partial charge in [-0.2, -0.15) is 0 Å². The maximum atomic E-state index is 5.35. The molecule has 0 saturated carbocycles. The lowest BCUT2D eigenvalue weighted by Crippen LogP contribution is -2.38. The number of rotatable bonds is 4. The van der Waals surface area contributed by atoms with Crippen molar-refractivity contribution in [1.82, 2.24) is 5.32 Å². The number of piperidine rings is 1. The fourth-order valence-electron chi connectivity index (χ4n) is 2.12. The Labute approximate surface area is 102 Å². The van der Waals surface area contributed by atoms with E-state index in [4.69, 9.17) is 9.47 Å². The van der Waals surface area contributed by atoms with Gasteiger partial charge in [0.2, 0.25) is 0 Å². The van der Waals surface area contributed by atoms with Crippen molar-refractivity contribution in [3.8, 4) is 11.5 Å². The molecule has 1 atom stereocenters. The second-order valence-corrected chi connectivity index (χ2v) is 4.25. The minimum atomic E-state index is 0.463. The summed E-state index contributed by atoms with van der Waals surface area (Å²) in [6.45, 7) is 2.12. The zero-order chi connectivity index (χ0) is 12.1. The molecule has 0 aliphatic carbocycles. The molecule has 1 aliphatic rings. The first-order valence-corrected chi connectivity index (χ1v) is 6.03. The van der Waals surface area contributed by atoms with Crippen molar-refractivity contribution in [2.75, 3.05) is 32.6 Å². The molecule has 0 amide bonds. The summed E-state index contributed by atoms with van der Waals surface area (Å²) in [6.07, 6.45) is 2.40. The molecule has 1 unspecified atom stereocenters. The van der Waals surface area contributed by atoms with Gasteiger partial charge >= 0.3 is 0 Å². The van der Waals surface area contributed by atoms with Crippen LogP contribution >= 0.6 is 0 Å². The van der Waals surface area contributed by atoms with Gasteiger partial charge in [0, 0.05) is 18.7 Å². The third-order valence-corrected chi connectivity index (χ3v) is 3.06. The monoisotopic (exact) mass is 236 g/mol. The number of hydrogen-bond acceptors (Lipinski definition) is 4. The molecular formula is C13H20N2O2. The molecule has 0 aromatic heterocycles. The second kappa shape index (κ2) is 5.77. The van der Waals surface area contributed by atoms with Crippen LogP contribution in [0.5, 0.6) is 11.5 Å². The van der Waals surface area contributed by atoms with Gasteiger partial charge in [-0.3, -0.25) is 0 Å². The van der Waals surface area contributed by atoms with Gasteiger partial charge in [0.25, 0.3) is 0 Å². The Morgan fingerprint density at radius 1 is 1.29 bits per heavy atom. The summed E-state index contributed by atoms with van der Waals surface area (Å²) in [5.41, 5.74) is 1.00. The van der Waals surface area contributed by atoms with E-state index in [9.17, 15) is 0 Å². The molecule has 1 saturated heterocycles. The van der Waals surface area contributed by atoms with Crippen molar-refractivity contribution in [3.05, 3.63) is 18.2 Å². The van der Waals surface area contributed by atoms with Crippen LogP contribution in [0.2, 0.25) is 0 Å². The van der Waals surface area contributed by atoms with Crippen molar-refractivity contribution in [1.29, 1.82) is 0 Å². The Morgan fingerprint density at radius 3 is 2.82 bits per heavy atom. The van der Waals surface area contributed by atoms with E-state index in [1.807, 2.05) is 18.2 Å². The Kier molecular flexibility index (Phi) is 4.09. The lowest BCUT2D eigenvalue weighted by Gasteiger charge is -2.25. The first-order valence-electron chi connectivity index (χ1n) is 6.03. The predicted octanol–water partition coefficient (Wildman–Crippen LogP) is 1.87. The summed E-state index contributed by atoms with van der Waals surface area (Å²) in [7, 11) is 3.36. The van der Waals surface area contributed by atoms with Crippen LogP contribution in [-0.4, -0.2) is 33.4 Å². The maximum Gasteiger partial charge on any atom is 0.142 e. The topological polar surface area (TPSA) is 42.5 Å². The van der Waals surface area contributed by atoms with Gasteiger partial charge in [-0.1, -0.05) is 0 Å². The van der Waals surface area contributed by atoms with Crippen molar-refractivity contribution in [2.24, 2.45) is 0 Å². The third-order valence-electron chi connectivity index (χ3n) is 3.06. The lowest BCUT2D eigenvalue weighted by molar-refractivity contribution is 0.403. The number of anilines is 1. The first-order chi connectivity index (χ1) is 8.33. The fraction of sp³-hybridized carbons (Fsp3) is 0.538. The molecular weight excluding hydrogens is 216 g/mol. The molecule has 1 aliphatic heterocycles. The highest BCUT2D eigenvalue weighted by molar-refractivity contribution is 5.60. The molecule has 4 heteroatoms. The van der Waals surface area contributed by atoms with Crippen LogP contribution in [0.1, 0.15) is 12.8 Å². The SMILES string of the molecule is COc1ccc(OC)c(NC2CCCNC2)c1. The lowest BCUT2D eigenvalue weighted by atomic mass is 10.1. The smallest absolute Gasteiger partial charge is 0.142 e. The molecule has 1 fully saturated rings. The molecule has 4 nitrogen and oxygen atoms in total. The highest BCUT2D eigenvalue weighted by Crippen LogP contribution is 2.29. The van der Waals surface area contributed by atoms with E-state index in [2.05, 4.69) is 10.6 Å². The van der Waals surface area contributed by atoms with E-state index < -0.39 is 0 Å². The number of hydrogen-bond donors (Lipinski definition) is 2. The van der Waals surface area contributed by atoms with Gasteiger partial charge in [-0.25, -0.2) is 0 Å². The Hall–Kier alpha value is -1.42. The summed E-state index contributed by atoms with van der Waals surface area (Å²) in [4.78, 5) is 0. The van der Waals surface area contributed by atoms with Crippen LogP contribution in [0.4, 0.5) is 5.69 Å². The summed E-state index contributed by atoms with van der Waals surface area (Å²) < 4.78 is 10.6. The van der Waals surface area contributed by atoms with Crippen LogP contribution in [0.25, 0.3) is 0 Å². The fourth-order valence-corrected chi connectivity index (χ4v) is 2.12. The highest BCUT2D eigenvalue weighted by atomic mass is 16.5. The Morgan fingerprint density at radius 2 is 2.18 bits per heavy atom. The van der Waals surface area contributed by atoms with Crippen molar-refractivity contribution in [2.45, 2.75) is 18.9 Å². The van der Waals surface area contributed by atoms with Crippen LogP contribution < -0.4 is 20.1 Å². The molecule has 2 N–H and O–H groups in total. The molecule has 0 radical (unpaired) electrons. The van der Waals surface area contributed by atoms with Gasteiger partial charge in [0.1, 0.15) is 11.5 Å². The van der Waals surface area contributed by atoms with Crippen molar-refractivity contribution in [3.63, 3.8) is 0 Å². The van der Waals surface area contributed by atoms with Gasteiger partial charge in [-0.15, -0.1) is 0 Å². The average Bonchev–Trinajstić information content (AvgIpc) is 2.40. The highest BCUT2D eigenvalue weighted by Gasteiger charge is 2.14. The Balaban J connectivity index is 2.11. The summed E-state index contributed by atoms with van der Waals surface area (Å²) in [5.74, 6) is 1.70. The van der Waals surface area contributed by atoms with E-state index in [1.54, 1.807) is 14.2 Å². The zero-order valence-corrected chi connectivity index (χ0v) is 10.5. The number of methoxy groups -OCH3 is 2. The normalized spacial score (nSPS) is 19.8. The van der Waals surface area contributed by atoms with E-state index in [0.29, 0.717) is 6.04 Å². The van der Waals surface area contributed by atoms with Crippen LogP contribution in [-0.2, 0) is 0 Å². The van der Waals surface area contributed by atoms with Crippen LogP contribution in [0.15, 0.2) is 18.2 Å². The number of benzene rings is 1. The van der Waals surface area contributed by atoms with E-state index in [1.165, 1.54) is 12.8 Å². The average molecular weight is 236 g/mol. The van der Waals surface area contributed by atoms with Crippen molar-refractivity contribution >= 4 is 5.69 Å². The van der Waals surface area contributed by atoms with Crippen molar-refractivity contribution < 1.29 is 9.47 Å². The minimum Gasteiger partial charge on any atom is -0.497 e. The minimum absolute atomic E-state index is 0.463. The van der Waals surface area contributed by atoms with E-state index in [-0.39, 0.29) is 0 Å². The van der Waals surface area contributed by atoms with Crippen LogP contribution in [0, 0.1) is 0 Å². The second-order valence-electron chi connectivity index (χ2n) is 4.25. The van der Waals surface area contributed by atoms with Gasteiger partial charge in [0.15, 0.2) is 0 Å². The molecule has 17 heavy (non-hydrogen) atoms. The van der Waals surface area contributed by atoms with Gasteiger partial charge in [0.05, 0.1) is 19.9 Å². The number of ether oxygens (including phenoxy) is 2. The van der Waals surface area contributed by atoms with Crippen LogP contribution in [0.3, 0.4) is 0 Å². The molecule has 0 spiro atoms. The third kappa shape index (κ3) is 3.03. The maximum absolute atomic E-state index is 5.35. The van der Waals surface area contributed by atoms with Gasteiger partial charge < -0.3 is 20.1 Å². The zero-order valence-electron chi connectivity index (χ0n) is 10.5. The molecule has 1 aromatic rings.